The molecule has 0 aromatic carbocycles. The highest BCUT2D eigenvalue weighted by Crippen LogP contribution is 2.04. The van der Waals surface area contributed by atoms with Gasteiger partial charge in [0.2, 0.25) is 0 Å². The van der Waals surface area contributed by atoms with E-state index in [1.54, 1.807) is 6.92 Å². The average Bonchev–Trinajstić information content (AvgIpc) is 2.19. The summed E-state index contributed by atoms with van der Waals surface area (Å²) >= 11 is 0. The van der Waals surface area contributed by atoms with E-state index in [0.29, 0.717) is 18.9 Å². The van der Waals surface area contributed by atoms with Gasteiger partial charge in [0.15, 0.2) is 0 Å². The molecule has 0 bridgehead atoms. The fourth-order valence-corrected chi connectivity index (χ4v) is 1.31. The van der Waals surface area contributed by atoms with Gasteiger partial charge in [-0.15, -0.1) is 0 Å². The molecule has 0 aromatic rings. The summed E-state index contributed by atoms with van der Waals surface area (Å²) in [5.74, 6) is 0.0533. The molecular formula is C11H23NO3. The van der Waals surface area contributed by atoms with E-state index in [1.165, 1.54) is 0 Å². The van der Waals surface area contributed by atoms with Gasteiger partial charge in [-0.3, -0.25) is 10.1 Å². The van der Waals surface area contributed by atoms with Crippen LogP contribution in [0.25, 0.3) is 0 Å². The van der Waals surface area contributed by atoms with Crippen LogP contribution in [0.1, 0.15) is 34.1 Å². The Balaban J connectivity index is 4.23. The van der Waals surface area contributed by atoms with E-state index in [-0.39, 0.29) is 24.7 Å². The molecule has 2 atom stereocenters. The molecule has 0 aliphatic carbocycles. The molecule has 0 spiro atoms. The molecule has 0 saturated heterocycles. The minimum atomic E-state index is -0.315. The summed E-state index contributed by atoms with van der Waals surface area (Å²) in [7, 11) is 0. The molecule has 90 valence electrons. The summed E-state index contributed by atoms with van der Waals surface area (Å²) in [6.07, 6.45) is 0.669. The van der Waals surface area contributed by atoms with Gasteiger partial charge in [-0.2, -0.15) is 0 Å². The zero-order valence-corrected chi connectivity index (χ0v) is 10.1. The highest BCUT2D eigenvalue weighted by molar-refractivity contribution is 5.75. The summed E-state index contributed by atoms with van der Waals surface area (Å²) in [5.41, 5.74) is 0. The molecule has 1 unspecified atom stereocenters. The van der Waals surface area contributed by atoms with Crippen LogP contribution >= 0.6 is 0 Å². The van der Waals surface area contributed by atoms with E-state index in [0.717, 1.165) is 0 Å². The van der Waals surface area contributed by atoms with Crippen LogP contribution in [0.2, 0.25) is 0 Å². The smallest absolute Gasteiger partial charge is 0.323 e. The lowest BCUT2D eigenvalue weighted by atomic mass is 10.0. The molecule has 0 aromatic heterocycles. The van der Waals surface area contributed by atoms with Gasteiger partial charge in [-0.05, 0) is 19.3 Å². The van der Waals surface area contributed by atoms with Crippen molar-refractivity contribution >= 4 is 5.97 Å². The van der Waals surface area contributed by atoms with Gasteiger partial charge in [-0.25, -0.2) is 0 Å². The summed E-state index contributed by atoms with van der Waals surface area (Å²) in [5, 5.41) is 12.3. The molecule has 15 heavy (non-hydrogen) atoms. The summed E-state index contributed by atoms with van der Waals surface area (Å²) in [4.78, 5) is 11.5. The first kappa shape index (κ1) is 14.4. The number of rotatable bonds is 7. The number of ether oxygens (including phenoxy) is 1. The van der Waals surface area contributed by atoms with Crippen molar-refractivity contribution in [1.82, 2.24) is 5.32 Å². The second-order valence-corrected chi connectivity index (χ2v) is 3.91. The molecule has 0 aliphatic heterocycles. The Morgan fingerprint density at radius 1 is 1.40 bits per heavy atom. The Morgan fingerprint density at radius 2 is 2.00 bits per heavy atom. The third-order valence-corrected chi connectivity index (χ3v) is 2.40. The van der Waals surface area contributed by atoms with Gasteiger partial charge in [0, 0.05) is 6.04 Å². The van der Waals surface area contributed by atoms with E-state index in [9.17, 15) is 4.79 Å². The van der Waals surface area contributed by atoms with E-state index in [2.05, 4.69) is 5.32 Å². The molecule has 4 nitrogen and oxygen atoms in total. The van der Waals surface area contributed by atoms with Crippen molar-refractivity contribution < 1.29 is 14.6 Å². The minimum absolute atomic E-state index is 0.0353. The number of nitrogens with one attached hydrogen (secondary N) is 1. The maximum atomic E-state index is 11.5. The SMILES string of the molecule is CCOC(=O)C(CC)N[C@H](CO)C(C)C. The van der Waals surface area contributed by atoms with E-state index < -0.39 is 0 Å². The Morgan fingerprint density at radius 3 is 2.33 bits per heavy atom. The third kappa shape index (κ3) is 5.14. The molecule has 0 radical (unpaired) electrons. The standard InChI is InChI=1S/C11H23NO3/c1-5-9(11(14)15-6-2)12-10(7-13)8(3)4/h8-10,12-13H,5-7H2,1-4H3/t9?,10-/m1/s1. The van der Waals surface area contributed by atoms with Crippen molar-refractivity contribution in [3.05, 3.63) is 0 Å². The van der Waals surface area contributed by atoms with Crippen LogP contribution in [-0.2, 0) is 9.53 Å². The van der Waals surface area contributed by atoms with Crippen molar-refractivity contribution in [3.8, 4) is 0 Å². The second kappa shape index (κ2) is 7.65. The quantitative estimate of drug-likeness (QED) is 0.623. The number of hydrogen-bond acceptors (Lipinski definition) is 4. The monoisotopic (exact) mass is 217 g/mol. The molecule has 0 fully saturated rings. The molecule has 0 rings (SSSR count). The van der Waals surface area contributed by atoms with E-state index in [4.69, 9.17) is 9.84 Å². The lowest BCUT2D eigenvalue weighted by Gasteiger charge is -2.25. The maximum absolute atomic E-state index is 11.5. The van der Waals surface area contributed by atoms with E-state index in [1.807, 2.05) is 20.8 Å². The first-order valence-corrected chi connectivity index (χ1v) is 5.60. The minimum Gasteiger partial charge on any atom is -0.465 e. The van der Waals surface area contributed by atoms with Crippen LogP contribution in [-0.4, -0.2) is 36.4 Å². The first-order chi connectivity index (χ1) is 7.06. The molecule has 0 saturated carbocycles. The van der Waals surface area contributed by atoms with Gasteiger partial charge in [-0.1, -0.05) is 20.8 Å². The topological polar surface area (TPSA) is 58.6 Å². The molecular weight excluding hydrogens is 194 g/mol. The lowest BCUT2D eigenvalue weighted by molar-refractivity contribution is -0.146. The van der Waals surface area contributed by atoms with Crippen molar-refractivity contribution in [2.24, 2.45) is 5.92 Å². The number of carbonyl (C=O) groups excluding carboxylic acids is 1. The van der Waals surface area contributed by atoms with Crippen molar-refractivity contribution in [1.29, 1.82) is 0 Å². The van der Waals surface area contributed by atoms with Crippen LogP contribution in [0, 0.1) is 5.92 Å². The number of hydrogen-bond donors (Lipinski definition) is 2. The van der Waals surface area contributed by atoms with Crippen molar-refractivity contribution in [3.63, 3.8) is 0 Å². The maximum Gasteiger partial charge on any atom is 0.323 e. The Bertz CT molecular complexity index is 183. The van der Waals surface area contributed by atoms with E-state index >= 15 is 0 Å². The van der Waals surface area contributed by atoms with Gasteiger partial charge in [0.25, 0.3) is 0 Å². The lowest BCUT2D eigenvalue weighted by Crippen LogP contribution is -2.47. The van der Waals surface area contributed by atoms with Gasteiger partial charge in [0.1, 0.15) is 6.04 Å². The Hall–Kier alpha value is -0.610. The third-order valence-electron chi connectivity index (χ3n) is 2.40. The summed E-state index contributed by atoms with van der Waals surface area (Å²) in [6.45, 7) is 8.15. The Kier molecular flexibility index (Phi) is 7.34. The summed E-state index contributed by atoms with van der Waals surface area (Å²) < 4.78 is 4.94. The highest BCUT2D eigenvalue weighted by Gasteiger charge is 2.22. The van der Waals surface area contributed by atoms with Crippen LogP contribution in [0.5, 0.6) is 0 Å². The number of aliphatic hydroxyl groups is 1. The molecule has 0 aliphatic rings. The second-order valence-electron chi connectivity index (χ2n) is 3.91. The fraction of sp³-hybridized carbons (Fsp3) is 0.909. The average molecular weight is 217 g/mol. The summed E-state index contributed by atoms with van der Waals surface area (Å²) in [6, 6.07) is -0.371. The zero-order valence-electron chi connectivity index (χ0n) is 10.1. The Labute approximate surface area is 92.0 Å². The fourth-order valence-electron chi connectivity index (χ4n) is 1.31. The molecule has 0 amide bonds. The largest absolute Gasteiger partial charge is 0.465 e. The van der Waals surface area contributed by atoms with Gasteiger partial charge < -0.3 is 9.84 Å². The highest BCUT2D eigenvalue weighted by atomic mass is 16.5. The normalized spacial score (nSPS) is 15.1. The van der Waals surface area contributed by atoms with Gasteiger partial charge in [0.05, 0.1) is 13.2 Å². The van der Waals surface area contributed by atoms with Crippen molar-refractivity contribution in [2.45, 2.75) is 46.2 Å². The van der Waals surface area contributed by atoms with Crippen LogP contribution in [0.15, 0.2) is 0 Å². The predicted molar refractivity (Wildman–Crippen MR) is 59.6 cm³/mol. The molecule has 2 N–H and O–H groups in total. The van der Waals surface area contributed by atoms with Crippen LogP contribution < -0.4 is 5.32 Å². The van der Waals surface area contributed by atoms with Gasteiger partial charge >= 0.3 is 5.97 Å². The number of esters is 1. The predicted octanol–water partition coefficient (Wildman–Crippen LogP) is 0.935. The first-order valence-electron chi connectivity index (χ1n) is 5.60. The van der Waals surface area contributed by atoms with Crippen LogP contribution in [0.3, 0.4) is 0 Å². The van der Waals surface area contributed by atoms with Crippen LogP contribution in [0.4, 0.5) is 0 Å². The van der Waals surface area contributed by atoms with Crippen molar-refractivity contribution in [2.75, 3.05) is 13.2 Å². The molecule has 4 heteroatoms. The molecule has 0 heterocycles. The number of aliphatic hydroxyl groups excluding tert-OH is 1. The zero-order chi connectivity index (χ0) is 11.8. The number of carbonyl (C=O) groups is 1.